The van der Waals surface area contributed by atoms with Crippen LogP contribution in [0.3, 0.4) is 0 Å². The minimum Gasteiger partial charge on any atom is -0.481 e. The van der Waals surface area contributed by atoms with Gasteiger partial charge in [0.25, 0.3) is 0 Å². The number of ether oxygens (including phenoxy) is 1. The SMILES string of the molecule is [CH2-][NH2+][C@@]1(/C=C/C)O[C@H]1[C@@H](O)CCCCC(=O)CCCCCCC(=O)O. The van der Waals surface area contributed by atoms with Crippen LogP contribution in [0.4, 0.5) is 0 Å². The van der Waals surface area contributed by atoms with Gasteiger partial charge in [0.2, 0.25) is 5.72 Å². The van der Waals surface area contributed by atoms with Gasteiger partial charge in [0.15, 0.2) is 6.10 Å². The maximum atomic E-state index is 11.8. The molecule has 0 radical (unpaired) electrons. The first-order chi connectivity index (χ1) is 11.9. The van der Waals surface area contributed by atoms with E-state index in [-0.39, 0.29) is 18.3 Å². The largest absolute Gasteiger partial charge is 0.481 e. The number of carbonyl (C=O) groups is 2. The van der Waals surface area contributed by atoms with Gasteiger partial charge in [-0.2, -0.15) is 0 Å². The van der Waals surface area contributed by atoms with Gasteiger partial charge < -0.3 is 20.3 Å². The number of hydrogen-bond donors (Lipinski definition) is 3. The Kier molecular flexibility index (Phi) is 9.93. The number of epoxide rings is 1. The number of nitrogens with two attached hydrogens (primary N) is 1. The fourth-order valence-corrected chi connectivity index (χ4v) is 3.10. The molecule has 3 atom stereocenters. The van der Waals surface area contributed by atoms with E-state index in [1.807, 2.05) is 19.1 Å². The lowest BCUT2D eigenvalue weighted by molar-refractivity contribution is -0.657. The van der Waals surface area contributed by atoms with Crippen LogP contribution in [-0.4, -0.2) is 39.9 Å². The van der Waals surface area contributed by atoms with Crippen molar-refractivity contribution in [3.8, 4) is 0 Å². The lowest BCUT2D eigenvalue weighted by Crippen LogP contribution is -2.87. The second kappa shape index (κ2) is 11.4. The summed E-state index contributed by atoms with van der Waals surface area (Å²) in [6.45, 7) is 1.91. The topological polar surface area (TPSA) is 104 Å². The molecule has 0 aromatic rings. The Balaban J connectivity index is 2.02. The van der Waals surface area contributed by atoms with E-state index in [1.165, 1.54) is 0 Å². The van der Waals surface area contributed by atoms with Crippen molar-refractivity contribution in [3.05, 3.63) is 19.2 Å². The van der Waals surface area contributed by atoms with Crippen LogP contribution in [0, 0.1) is 7.05 Å². The van der Waals surface area contributed by atoms with Crippen molar-refractivity contribution in [2.24, 2.45) is 0 Å². The van der Waals surface area contributed by atoms with E-state index in [9.17, 15) is 14.7 Å². The molecular weight excluding hydrogens is 322 g/mol. The first-order valence-electron chi connectivity index (χ1n) is 9.32. The summed E-state index contributed by atoms with van der Waals surface area (Å²) in [6, 6.07) is 0. The molecule has 4 N–H and O–H groups in total. The molecule has 6 heteroatoms. The molecule has 1 aliphatic heterocycles. The number of rotatable bonds is 15. The van der Waals surface area contributed by atoms with Crippen molar-refractivity contribution < 1.29 is 29.9 Å². The van der Waals surface area contributed by atoms with Crippen LogP contribution in [0.15, 0.2) is 12.2 Å². The lowest BCUT2D eigenvalue weighted by Gasteiger charge is -2.11. The van der Waals surface area contributed by atoms with Crippen molar-refractivity contribution >= 4 is 11.8 Å². The fourth-order valence-electron chi connectivity index (χ4n) is 3.10. The number of aliphatic carboxylic acids is 1. The molecule has 1 heterocycles. The lowest BCUT2D eigenvalue weighted by atomic mass is 10.0. The predicted octanol–water partition coefficient (Wildman–Crippen LogP) is 1.93. The summed E-state index contributed by atoms with van der Waals surface area (Å²) < 4.78 is 5.58. The molecular formula is C19H33NO5. The second-order valence-electron chi connectivity index (χ2n) is 6.76. The van der Waals surface area contributed by atoms with Gasteiger partial charge in [-0.15, -0.1) is 7.05 Å². The molecule has 0 saturated carbocycles. The summed E-state index contributed by atoms with van der Waals surface area (Å²) in [5, 5.41) is 20.4. The third kappa shape index (κ3) is 8.12. The standard InChI is InChI=1S/C19H33NO5/c1-3-14-19(20-2)18(25-19)16(22)12-9-8-11-15(21)10-6-4-5-7-13-17(23)24/h3,14,16,18,22H,2,4-13,20H2,1H3,(H,23,24)/b14-3+/t16-,18-,19-/m0/s1. The Labute approximate surface area is 150 Å². The quantitative estimate of drug-likeness (QED) is 0.180. The number of hydrogen-bond acceptors (Lipinski definition) is 4. The molecule has 0 aromatic heterocycles. The zero-order valence-corrected chi connectivity index (χ0v) is 15.3. The van der Waals surface area contributed by atoms with Gasteiger partial charge in [0, 0.05) is 25.3 Å². The third-order valence-electron chi connectivity index (χ3n) is 4.62. The Morgan fingerprint density at radius 3 is 2.32 bits per heavy atom. The minimum atomic E-state index is -0.758. The Bertz CT molecular complexity index is 451. The van der Waals surface area contributed by atoms with E-state index in [1.54, 1.807) is 5.32 Å². The van der Waals surface area contributed by atoms with Gasteiger partial charge in [-0.3, -0.25) is 9.59 Å². The average Bonchev–Trinajstić information content (AvgIpc) is 3.29. The van der Waals surface area contributed by atoms with Crippen LogP contribution >= 0.6 is 0 Å². The summed E-state index contributed by atoms with van der Waals surface area (Å²) in [6.07, 6.45) is 9.89. The molecule has 1 saturated heterocycles. The molecule has 25 heavy (non-hydrogen) atoms. The molecule has 1 fully saturated rings. The number of carbonyl (C=O) groups excluding carboxylic acids is 1. The molecule has 6 nitrogen and oxygen atoms in total. The molecule has 0 unspecified atom stereocenters. The van der Waals surface area contributed by atoms with E-state index in [4.69, 9.17) is 9.84 Å². The predicted molar refractivity (Wildman–Crippen MR) is 94.5 cm³/mol. The summed E-state index contributed by atoms with van der Waals surface area (Å²) in [4.78, 5) is 22.2. The van der Waals surface area contributed by atoms with Crippen LogP contribution in [0.25, 0.3) is 0 Å². The van der Waals surface area contributed by atoms with Crippen LogP contribution in [0.5, 0.6) is 0 Å². The highest BCUT2D eigenvalue weighted by molar-refractivity contribution is 5.78. The van der Waals surface area contributed by atoms with Crippen LogP contribution < -0.4 is 5.32 Å². The van der Waals surface area contributed by atoms with E-state index in [0.717, 1.165) is 32.1 Å². The maximum absolute atomic E-state index is 11.8. The van der Waals surface area contributed by atoms with Gasteiger partial charge in [-0.1, -0.05) is 25.3 Å². The number of quaternary nitrogens is 1. The number of carboxylic acid groups (broad SMARTS) is 1. The van der Waals surface area contributed by atoms with E-state index in [2.05, 4.69) is 7.05 Å². The van der Waals surface area contributed by atoms with Crippen molar-refractivity contribution in [1.82, 2.24) is 0 Å². The van der Waals surface area contributed by atoms with Crippen LogP contribution in [0.2, 0.25) is 0 Å². The van der Waals surface area contributed by atoms with Crippen LogP contribution in [-0.2, 0) is 14.3 Å². The number of allylic oxidation sites excluding steroid dienone is 1. The monoisotopic (exact) mass is 355 g/mol. The van der Waals surface area contributed by atoms with Crippen molar-refractivity contribution in [2.75, 3.05) is 0 Å². The number of carboxylic acids is 1. The number of aliphatic hydroxyl groups excluding tert-OH is 1. The molecule has 0 amide bonds. The minimum absolute atomic E-state index is 0.210. The molecule has 144 valence electrons. The summed E-state index contributed by atoms with van der Waals surface area (Å²) in [5.41, 5.74) is -0.509. The van der Waals surface area contributed by atoms with Crippen molar-refractivity contribution in [2.45, 2.75) is 89.1 Å². The highest BCUT2D eigenvalue weighted by Gasteiger charge is 2.59. The maximum Gasteiger partial charge on any atom is 0.303 e. The number of Topliss-reactive ketones (excluding diaryl/α,β-unsaturated/α-hetero) is 1. The number of unbranched alkanes of at least 4 members (excludes halogenated alkanes) is 4. The highest BCUT2D eigenvalue weighted by atomic mass is 16.6. The number of ketones is 1. The average molecular weight is 355 g/mol. The zero-order valence-electron chi connectivity index (χ0n) is 15.3. The highest BCUT2D eigenvalue weighted by Crippen LogP contribution is 2.35. The first kappa shape index (κ1) is 21.8. The molecule has 0 aromatic carbocycles. The van der Waals surface area contributed by atoms with Gasteiger partial charge in [0.1, 0.15) is 5.78 Å². The van der Waals surface area contributed by atoms with Gasteiger partial charge in [0.05, 0.1) is 6.10 Å². The van der Waals surface area contributed by atoms with Crippen molar-refractivity contribution in [3.63, 3.8) is 0 Å². The summed E-state index contributed by atoms with van der Waals surface area (Å²) in [5.74, 6) is -0.504. The Morgan fingerprint density at radius 1 is 1.16 bits per heavy atom. The van der Waals surface area contributed by atoms with E-state index >= 15 is 0 Å². The molecule has 1 aliphatic rings. The Morgan fingerprint density at radius 2 is 1.76 bits per heavy atom. The zero-order chi connectivity index (χ0) is 18.7. The first-order valence-corrected chi connectivity index (χ1v) is 9.32. The molecule has 0 bridgehead atoms. The molecule has 1 rings (SSSR count). The summed E-state index contributed by atoms with van der Waals surface area (Å²) >= 11 is 0. The van der Waals surface area contributed by atoms with E-state index < -0.39 is 17.8 Å². The summed E-state index contributed by atoms with van der Waals surface area (Å²) in [7, 11) is 3.76. The fraction of sp³-hybridized carbons (Fsp3) is 0.737. The normalized spacial score (nSPS) is 23.7. The van der Waals surface area contributed by atoms with E-state index in [0.29, 0.717) is 25.7 Å². The van der Waals surface area contributed by atoms with Crippen LogP contribution in [0.1, 0.15) is 71.1 Å². The van der Waals surface area contributed by atoms with Gasteiger partial charge in [-0.25, -0.2) is 0 Å². The molecule has 0 spiro atoms. The number of aliphatic hydroxyl groups is 1. The Hall–Kier alpha value is -1.24. The van der Waals surface area contributed by atoms with Gasteiger partial charge >= 0.3 is 5.97 Å². The van der Waals surface area contributed by atoms with Gasteiger partial charge in [-0.05, 0) is 32.6 Å². The third-order valence-corrected chi connectivity index (χ3v) is 4.62. The smallest absolute Gasteiger partial charge is 0.303 e. The molecule has 0 aliphatic carbocycles. The second-order valence-corrected chi connectivity index (χ2v) is 6.76. The van der Waals surface area contributed by atoms with Crippen molar-refractivity contribution in [1.29, 1.82) is 0 Å².